The maximum absolute atomic E-state index is 13.5. The summed E-state index contributed by atoms with van der Waals surface area (Å²) >= 11 is 0. The van der Waals surface area contributed by atoms with Gasteiger partial charge in [-0.2, -0.15) is 0 Å². The van der Waals surface area contributed by atoms with Crippen molar-refractivity contribution in [3.63, 3.8) is 0 Å². The molecule has 0 amide bonds. The van der Waals surface area contributed by atoms with E-state index in [2.05, 4.69) is 0 Å². The second-order valence-corrected chi connectivity index (χ2v) is 4.82. The minimum atomic E-state index is -0.791. The van der Waals surface area contributed by atoms with Crippen molar-refractivity contribution in [2.75, 3.05) is 0 Å². The Bertz CT molecular complexity index is 593. The lowest BCUT2D eigenvalue weighted by Gasteiger charge is -2.15. The molecule has 0 aromatic heterocycles. The van der Waals surface area contributed by atoms with Crippen molar-refractivity contribution >= 4 is 0 Å². The zero-order chi connectivity index (χ0) is 14.0. The summed E-state index contributed by atoms with van der Waals surface area (Å²) in [5, 5.41) is 10.2. The van der Waals surface area contributed by atoms with Crippen molar-refractivity contribution in [3.8, 4) is 0 Å². The molecule has 1 atom stereocenters. The fourth-order valence-electron chi connectivity index (χ4n) is 2.20. The van der Waals surface area contributed by atoms with Crippen LogP contribution in [0.25, 0.3) is 0 Å². The smallest absolute Gasteiger partial charge is 0.129 e. The lowest BCUT2D eigenvalue weighted by atomic mass is 9.96. The van der Waals surface area contributed by atoms with E-state index in [4.69, 9.17) is 0 Å². The fourth-order valence-corrected chi connectivity index (χ4v) is 2.20. The molecule has 0 spiro atoms. The monoisotopic (exact) mass is 262 g/mol. The fraction of sp³-hybridized carbons (Fsp3) is 0.250. The molecule has 1 N–H and O–H groups in total. The first-order valence-corrected chi connectivity index (χ1v) is 6.16. The second-order valence-electron chi connectivity index (χ2n) is 4.82. The van der Waals surface area contributed by atoms with E-state index in [1.807, 2.05) is 32.0 Å². The molecule has 19 heavy (non-hydrogen) atoms. The van der Waals surface area contributed by atoms with Crippen LogP contribution in [0.3, 0.4) is 0 Å². The predicted octanol–water partition coefficient (Wildman–Crippen LogP) is 3.86. The highest BCUT2D eigenvalue weighted by atomic mass is 19.1. The van der Waals surface area contributed by atoms with E-state index in [-0.39, 0.29) is 6.42 Å². The predicted molar refractivity (Wildman–Crippen MR) is 70.9 cm³/mol. The third-order valence-corrected chi connectivity index (χ3v) is 3.21. The van der Waals surface area contributed by atoms with Crippen LogP contribution >= 0.6 is 0 Å². The summed E-state index contributed by atoms with van der Waals surface area (Å²) < 4.78 is 26.4. The minimum Gasteiger partial charge on any atom is -0.388 e. The molecule has 100 valence electrons. The van der Waals surface area contributed by atoms with Gasteiger partial charge in [0, 0.05) is 12.5 Å². The molecule has 3 heteroatoms. The zero-order valence-corrected chi connectivity index (χ0v) is 11.0. The van der Waals surface area contributed by atoms with Gasteiger partial charge in [0.1, 0.15) is 11.6 Å². The molecule has 0 aliphatic heterocycles. The van der Waals surface area contributed by atoms with E-state index in [1.54, 1.807) is 0 Å². The first-order chi connectivity index (χ1) is 8.97. The maximum atomic E-state index is 13.5. The lowest BCUT2D eigenvalue weighted by Crippen LogP contribution is -2.05. The maximum Gasteiger partial charge on any atom is 0.129 e. The van der Waals surface area contributed by atoms with Gasteiger partial charge in [-0.1, -0.05) is 29.8 Å². The Labute approximate surface area is 111 Å². The summed E-state index contributed by atoms with van der Waals surface area (Å²) in [6.45, 7) is 3.88. The van der Waals surface area contributed by atoms with E-state index in [0.29, 0.717) is 5.56 Å². The van der Waals surface area contributed by atoms with E-state index < -0.39 is 17.7 Å². The summed E-state index contributed by atoms with van der Waals surface area (Å²) in [7, 11) is 0. The van der Waals surface area contributed by atoms with Crippen molar-refractivity contribution in [2.24, 2.45) is 0 Å². The van der Waals surface area contributed by atoms with Gasteiger partial charge in [0.25, 0.3) is 0 Å². The molecule has 1 unspecified atom stereocenters. The number of aliphatic hydroxyl groups is 1. The molecule has 0 radical (unpaired) electrons. The highest BCUT2D eigenvalue weighted by Crippen LogP contribution is 2.24. The number of aliphatic hydroxyl groups excluding tert-OH is 1. The Morgan fingerprint density at radius 1 is 1.05 bits per heavy atom. The Hall–Kier alpha value is -1.74. The molecule has 0 saturated carbocycles. The van der Waals surface area contributed by atoms with Gasteiger partial charge in [-0.3, -0.25) is 0 Å². The highest BCUT2D eigenvalue weighted by Gasteiger charge is 2.14. The van der Waals surface area contributed by atoms with Crippen molar-refractivity contribution in [3.05, 3.63) is 70.3 Å². The minimum absolute atomic E-state index is 0.135. The Kier molecular flexibility index (Phi) is 3.96. The molecule has 0 aliphatic carbocycles. The van der Waals surface area contributed by atoms with E-state index >= 15 is 0 Å². The number of halogens is 2. The average Bonchev–Trinajstić information content (AvgIpc) is 2.32. The first-order valence-electron chi connectivity index (χ1n) is 6.16. The van der Waals surface area contributed by atoms with E-state index in [1.165, 1.54) is 12.1 Å². The summed E-state index contributed by atoms with van der Waals surface area (Å²) in [6, 6.07) is 9.14. The van der Waals surface area contributed by atoms with Gasteiger partial charge < -0.3 is 5.11 Å². The van der Waals surface area contributed by atoms with E-state index in [0.717, 1.165) is 22.8 Å². The number of hydrogen-bond acceptors (Lipinski definition) is 1. The van der Waals surface area contributed by atoms with Crippen molar-refractivity contribution < 1.29 is 13.9 Å². The zero-order valence-electron chi connectivity index (χ0n) is 11.0. The van der Waals surface area contributed by atoms with Crippen molar-refractivity contribution in [1.82, 2.24) is 0 Å². The number of rotatable bonds is 3. The molecule has 0 heterocycles. The van der Waals surface area contributed by atoms with Gasteiger partial charge in [0.2, 0.25) is 0 Å². The largest absolute Gasteiger partial charge is 0.388 e. The molecule has 0 fully saturated rings. The van der Waals surface area contributed by atoms with Crippen LogP contribution in [0.5, 0.6) is 0 Å². The molecule has 0 bridgehead atoms. The van der Waals surface area contributed by atoms with Crippen LogP contribution in [0.4, 0.5) is 8.78 Å². The highest BCUT2D eigenvalue weighted by molar-refractivity contribution is 5.33. The third-order valence-electron chi connectivity index (χ3n) is 3.21. The summed E-state index contributed by atoms with van der Waals surface area (Å²) in [6.07, 6.45) is -0.656. The quantitative estimate of drug-likeness (QED) is 0.890. The van der Waals surface area contributed by atoms with Crippen LogP contribution in [-0.4, -0.2) is 5.11 Å². The van der Waals surface area contributed by atoms with Gasteiger partial charge in [-0.25, -0.2) is 8.78 Å². The molecular weight excluding hydrogens is 246 g/mol. The Morgan fingerprint density at radius 2 is 1.79 bits per heavy atom. The molecule has 2 rings (SSSR count). The third kappa shape index (κ3) is 3.18. The molecular formula is C16H16F2O. The number of aryl methyl sites for hydroxylation is 2. The lowest BCUT2D eigenvalue weighted by molar-refractivity contribution is 0.176. The molecule has 1 nitrogen and oxygen atoms in total. The summed E-state index contributed by atoms with van der Waals surface area (Å²) in [5.41, 5.74) is 3.17. The summed E-state index contributed by atoms with van der Waals surface area (Å²) in [4.78, 5) is 0. The van der Waals surface area contributed by atoms with E-state index in [9.17, 15) is 13.9 Å². The second kappa shape index (κ2) is 5.49. The van der Waals surface area contributed by atoms with Crippen LogP contribution in [0, 0.1) is 25.5 Å². The first kappa shape index (κ1) is 13.7. The van der Waals surface area contributed by atoms with Crippen molar-refractivity contribution in [1.29, 1.82) is 0 Å². The van der Waals surface area contributed by atoms with Gasteiger partial charge in [-0.15, -0.1) is 0 Å². The molecule has 0 saturated heterocycles. The van der Waals surface area contributed by atoms with Crippen LogP contribution in [0.15, 0.2) is 36.4 Å². The molecule has 0 aliphatic rings. The normalized spacial score (nSPS) is 12.5. The van der Waals surface area contributed by atoms with Crippen LogP contribution in [-0.2, 0) is 6.42 Å². The van der Waals surface area contributed by atoms with Crippen LogP contribution in [0.2, 0.25) is 0 Å². The molecule has 2 aromatic rings. The van der Waals surface area contributed by atoms with Gasteiger partial charge in [-0.05, 0) is 36.6 Å². The molecule has 2 aromatic carbocycles. The summed E-state index contributed by atoms with van der Waals surface area (Å²) in [5.74, 6) is -1.23. The topological polar surface area (TPSA) is 20.2 Å². The van der Waals surface area contributed by atoms with Crippen molar-refractivity contribution in [2.45, 2.75) is 26.4 Å². The standard InChI is InChI=1S/C16H16F2O/c1-10-3-6-14(11(2)7-10)16(19)8-12-4-5-13(17)9-15(12)18/h3-7,9,16,19H,8H2,1-2H3. The SMILES string of the molecule is Cc1ccc(C(O)Cc2ccc(F)cc2F)c(C)c1. The average molecular weight is 262 g/mol. The number of benzene rings is 2. The van der Waals surface area contributed by atoms with Crippen LogP contribution in [0.1, 0.15) is 28.4 Å². The van der Waals surface area contributed by atoms with Gasteiger partial charge in [0.05, 0.1) is 6.10 Å². The Balaban J connectivity index is 2.23. The van der Waals surface area contributed by atoms with Crippen LogP contribution < -0.4 is 0 Å². The Morgan fingerprint density at radius 3 is 2.42 bits per heavy atom. The number of hydrogen-bond donors (Lipinski definition) is 1. The van der Waals surface area contributed by atoms with Gasteiger partial charge >= 0.3 is 0 Å². The van der Waals surface area contributed by atoms with Gasteiger partial charge in [0.15, 0.2) is 0 Å².